The Morgan fingerprint density at radius 3 is 2.42 bits per heavy atom. The predicted octanol–water partition coefficient (Wildman–Crippen LogP) is 1.77. The van der Waals surface area contributed by atoms with E-state index in [1.165, 1.54) is 12.1 Å². The first-order valence-corrected chi connectivity index (χ1v) is 9.35. The molecule has 0 aliphatic heterocycles. The number of Topliss-reactive ketones (excluding diaryl/α,β-unsaturated/α-hetero) is 1. The SMILES string of the molecule is NC(N)=NS(=O)(=O)c1ccc(NC=C2CCc3ccccc3C2=O)cc1. The topological polar surface area (TPSA) is 128 Å². The predicted molar refractivity (Wildman–Crippen MR) is 100 cm³/mol. The van der Waals surface area contributed by atoms with Crippen molar-refractivity contribution < 1.29 is 13.2 Å². The first kappa shape index (κ1) is 17.7. The maximum Gasteiger partial charge on any atom is 0.285 e. The fourth-order valence-corrected chi connectivity index (χ4v) is 3.60. The number of nitrogens with two attached hydrogens (primary N) is 2. The molecule has 0 aromatic heterocycles. The number of carbonyl (C=O) groups excluding carboxylic acids is 1. The molecule has 0 saturated carbocycles. The van der Waals surface area contributed by atoms with E-state index in [4.69, 9.17) is 11.5 Å². The van der Waals surface area contributed by atoms with Gasteiger partial charge in [0.15, 0.2) is 5.78 Å². The number of carbonyl (C=O) groups is 1. The summed E-state index contributed by atoms with van der Waals surface area (Å²) in [5, 5.41) is 3.03. The highest BCUT2D eigenvalue weighted by Crippen LogP contribution is 2.25. The van der Waals surface area contributed by atoms with Gasteiger partial charge in [-0.1, -0.05) is 24.3 Å². The summed E-state index contributed by atoms with van der Waals surface area (Å²) in [6.45, 7) is 0. The number of guanidine groups is 1. The van der Waals surface area contributed by atoms with Gasteiger partial charge in [-0.05, 0) is 42.7 Å². The van der Waals surface area contributed by atoms with E-state index >= 15 is 0 Å². The molecular weight excluding hydrogens is 352 g/mol. The molecular formula is C18H18N4O3S. The van der Waals surface area contributed by atoms with Crippen LogP contribution in [0.4, 0.5) is 5.69 Å². The Hall–Kier alpha value is -3.13. The number of fused-ring (bicyclic) bond motifs is 1. The number of hydrogen-bond acceptors (Lipinski definition) is 4. The summed E-state index contributed by atoms with van der Waals surface area (Å²) >= 11 is 0. The Balaban J connectivity index is 1.76. The summed E-state index contributed by atoms with van der Waals surface area (Å²) in [4.78, 5) is 12.5. The third-order valence-electron chi connectivity index (χ3n) is 4.01. The van der Waals surface area contributed by atoms with Gasteiger partial charge >= 0.3 is 0 Å². The number of anilines is 1. The minimum atomic E-state index is -3.91. The molecule has 2 aromatic carbocycles. The third-order valence-corrected chi connectivity index (χ3v) is 5.33. The van der Waals surface area contributed by atoms with Gasteiger partial charge in [0.25, 0.3) is 10.0 Å². The van der Waals surface area contributed by atoms with Crippen molar-refractivity contribution in [2.45, 2.75) is 17.7 Å². The molecule has 134 valence electrons. The van der Waals surface area contributed by atoms with E-state index < -0.39 is 16.0 Å². The van der Waals surface area contributed by atoms with Crippen molar-refractivity contribution in [1.29, 1.82) is 0 Å². The van der Waals surface area contributed by atoms with Crippen LogP contribution >= 0.6 is 0 Å². The summed E-state index contributed by atoms with van der Waals surface area (Å²) in [6.07, 6.45) is 3.13. The van der Waals surface area contributed by atoms with Crippen LogP contribution in [-0.4, -0.2) is 20.2 Å². The van der Waals surface area contributed by atoms with E-state index in [9.17, 15) is 13.2 Å². The normalized spacial score (nSPS) is 15.4. The summed E-state index contributed by atoms with van der Waals surface area (Å²) in [5.74, 6) is -0.515. The van der Waals surface area contributed by atoms with Crippen molar-refractivity contribution >= 4 is 27.5 Å². The van der Waals surface area contributed by atoms with E-state index in [-0.39, 0.29) is 10.7 Å². The molecule has 3 rings (SSSR count). The number of hydrogen-bond donors (Lipinski definition) is 3. The molecule has 1 aliphatic rings. The molecule has 0 radical (unpaired) electrons. The second-order valence-electron chi connectivity index (χ2n) is 5.82. The number of aryl methyl sites for hydroxylation is 1. The Kier molecular flexibility index (Phi) is 4.77. The lowest BCUT2D eigenvalue weighted by Gasteiger charge is -2.17. The van der Waals surface area contributed by atoms with Crippen molar-refractivity contribution in [3.05, 3.63) is 71.4 Å². The Labute approximate surface area is 151 Å². The zero-order valence-corrected chi connectivity index (χ0v) is 14.7. The zero-order valence-electron chi connectivity index (χ0n) is 13.8. The minimum Gasteiger partial charge on any atom is -0.369 e. The van der Waals surface area contributed by atoms with Crippen LogP contribution in [0.3, 0.4) is 0 Å². The van der Waals surface area contributed by atoms with Crippen LogP contribution in [-0.2, 0) is 16.4 Å². The van der Waals surface area contributed by atoms with Crippen LogP contribution in [0.25, 0.3) is 0 Å². The molecule has 0 bridgehead atoms. The van der Waals surface area contributed by atoms with E-state index in [0.717, 1.165) is 17.5 Å². The average molecular weight is 370 g/mol. The second-order valence-corrected chi connectivity index (χ2v) is 7.42. The highest BCUT2D eigenvalue weighted by atomic mass is 32.2. The Bertz CT molecular complexity index is 1000. The maximum absolute atomic E-state index is 12.5. The fourth-order valence-electron chi connectivity index (χ4n) is 2.74. The highest BCUT2D eigenvalue weighted by Gasteiger charge is 2.21. The molecule has 5 N–H and O–H groups in total. The van der Waals surface area contributed by atoms with Gasteiger partial charge in [-0.25, -0.2) is 0 Å². The Morgan fingerprint density at radius 1 is 1.04 bits per heavy atom. The van der Waals surface area contributed by atoms with Gasteiger partial charge in [0, 0.05) is 23.0 Å². The number of allylic oxidation sites excluding steroid dienone is 1. The second kappa shape index (κ2) is 7.01. The molecule has 8 heteroatoms. The van der Waals surface area contributed by atoms with Crippen LogP contribution in [0, 0.1) is 0 Å². The van der Waals surface area contributed by atoms with Crippen molar-refractivity contribution in [3.8, 4) is 0 Å². The average Bonchev–Trinajstić information content (AvgIpc) is 2.61. The van der Waals surface area contributed by atoms with Crippen molar-refractivity contribution in [3.63, 3.8) is 0 Å². The monoisotopic (exact) mass is 370 g/mol. The minimum absolute atomic E-state index is 0.00584. The standard InChI is InChI=1S/C18H18N4O3S/c19-18(20)22-26(24,25)15-9-7-14(8-10-15)21-11-13-6-5-12-3-1-2-4-16(12)17(13)23/h1-4,7-11,21H,5-6H2,(H4,19,20,22). The van der Waals surface area contributed by atoms with Crippen LogP contribution in [0.2, 0.25) is 0 Å². The van der Waals surface area contributed by atoms with Gasteiger partial charge in [0.1, 0.15) is 0 Å². The number of ketones is 1. The first-order chi connectivity index (χ1) is 12.4. The van der Waals surface area contributed by atoms with Gasteiger partial charge in [0.2, 0.25) is 5.96 Å². The molecule has 0 fully saturated rings. The molecule has 26 heavy (non-hydrogen) atoms. The van der Waals surface area contributed by atoms with Crippen LogP contribution in [0.5, 0.6) is 0 Å². The number of nitrogens with zero attached hydrogens (tertiary/aromatic N) is 1. The molecule has 0 atom stereocenters. The highest BCUT2D eigenvalue weighted by molar-refractivity contribution is 7.90. The fraction of sp³-hybridized carbons (Fsp3) is 0.111. The third kappa shape index (κ3) is 3.75. The van der Waals surface area contributed by atoms with E-state index in [0.29, 0.717) is 17.7 Å². The van der Waals surface area contributed by atoms with E-state index in [1.807, 2.05) is 24.3 Å². The summed E-state index contributed by atoms with van der Waals surface area (Å²) in [6, 6.07) is 13.5. The summed E-state index contributed by atoms with van der Waals surface area (Å²) in [7, 11) is -3.91. The molecule has 1 aliphatic carbocycles. The summed E-state index contributed by atoms with van der Waals surface area (Å²) in [5.41, 5.74) is 13.4. The van der Waals surface area contributed by atoms with Gasteiger partial charge in [-0.3, -0.25) is 4.79 Å². The first-order valence-electron chi connectivity index (χ1n) is 7.91. The van der Waals surface area contributed by atoms with E-state index in [1.54, 1.807) is 18.3 Å². The molecule has 0 heterocycles. The van der Waals surface area contributed by atoms with Gasteiger partial charge < -0.3 is 16.8 Å². The largest absolute Gasteiger partial charge is 0.369 e. The van der Waals surface area contributed by atoms with E-state index in [2.05, 4.69) is 9.71 Å². The van der Waals surface area contributed by atoms with Gasteiger partial charge in [-0.15, -0.1) is 4.40 Å². The lowest BCUT2D eigenvalue weighted by molar-refractivity contribution is 0.102. The lowest BCUT2D eigenvalue weighted by Crippen LogP contribution is -2.24. The van der Waals surface area contributed by atoms with Gasteiger partial charge in [-0.2, -0.15) is 8.42 Å². The number of sulfonamides is 1. The molecule has 0 spiro atoms. The molecule has 0 unspecified atom stereocenters. The lowest BCUT2D eigenvalue weighted by atomic mass is 9.87. The van der Waals surface area contributed by atoms with Crippen molar-refractivity contribution in [2.24, 2.45) is 15.9 Å². The quantitative estimate of drug-likeness (QED) is 0.427. The van der Waals surface area contributed by atoms with Gasteiger partial charge in [0.05, 0.1) is 4.90 Å². The number of rotatable bonds is 4. The van der Waals surface area contributed by atoms with Crippen LogP contribution in [0.1, 0.15) is 22.3 Å². The molecule has 0 amide bonds. The van der Waals surface area contributed by atoms with Crippen molar-refractivity contribution in [2.75, 3.05) is 5.32 Å². The number of benzene rings is 2. The maximum atomic E-state index is 12.5. The number of nitrogens with one attached hydrogen (secondary N) is 1. The Morgan fingerprint density at radius 2 is 1.73 bits per heavy atom. The summed E-state index contributed by atoms with van der Waals surface area (Å²) < 4.78 is 27.0. The van der Waals surface area contributed by atoms with Crippen molar-refractivity contribution in [1.82, 2.24) is 0 Å². The van der Waals surface area contributed by atoms with Crippen LogP contribution < -0.4 is 16.8 Å². The smallest absolute Gasteiger partial charge is 0.285 e. The zero-order chi connectivity index (χ0) is 18.7. The molecule has 7 nitrogen and oxygen atoms in total. The van der Waals surface area contributed by atoms with Crippen LogP contribution in [0.15, 0.2) is 69.6 Å². The molecule has 0 saturated heterocycles. The molecule has 2 aromatic rings.